The molecule has 3 N–H and O–H groups in total. The monoisotopic (exact) mass is 192 g/mol. The second-order valence-corrected chi connectivity index (χ2v) is 3.68. The second kappa shape index (κ2) is 3.92. The van der Waals surface area contributed by atoms with Crippen molar-refractivity contribution in [2.24, 2.45) is 0 Å². The molecule has 76 valence electrons. The van der Waals surface area contributed by atoms with Crippen molar-refractivity contribution in [3.05, 3.63) is 17.5 Å². The van der Waals surface area contributed by atoms with Crippen molar-refractivity contribution >= 4 is 5.95 Å². The summed E-state index contributed by atoms with van der Waals surface area (Å²) in [5, 5.41) is 3.34. The minimum absolute atomic E-state index is 0.393. The molecule has 0 radical (unpaired) electrons. The minimum atomic E-state index is 0.393. The zero-order valence-electron chi connectivity index (χ0n) is 8.45. The Labute approximate surface area is 83.9 Å². The third kappa shape index (κ3) is 1.70. The molecule has 14 heavy (non-hydrogen) atoms. The van der Waals surface area contributed by atoms with Gasteiger partial charge in [-0.2, -0.15) is 0 Å². The van der Waals surface area contributed by atoms with E-state index >= 15 is 0 Å². The van der Waals surface area contributed by atoms with Crippen LogP contribution in [0.4, 0.5) is 5.95 Å². The van der Waals surface area contributed by atoms with Crippen LogP contribution in [-0.4, -0.2) is 23.1 Å². The van der Waals surface area contributed by atoms with Crippen LogP contribution in [0.15, 0.2) is 6.20 Å². The van der Waals surface area contributed by atoms with Crippen LogP contribution in [0.2, 0.25) is 0 Å². The number of aryl methyl sites for hydroxylation is 1. The van der Waals surface area contributed by atoms with Crippen LogP contribution in [0.5, 0.6) is 0 Å². The predicted molar refractivity (Wildman–Crippen MR) is 56.1 cm³/mol. The molecule has 0 spiro atoms. The lowest BCUT2D eigenvalue weighted by Crippen LogP contribution is -2.12. The Hall–Kier alpha value is -1.16. The summed E-state index contributed by atoms with van der Waals surface area (Å²) in [5.74, 6) is 0.916. The lowest BCUT2D eigenvalue weighted by molar-refractivity contribution is 0.718. The van der Waals surface area contributed by atoms with Gasteiger partial charge < -0.3 is 11.1 Å². The fraction of sp³-hybridized carbons (Fsp3) is 0.600. The minimum Gasteiger partial charge on any atom is -0.368 e. The first-order valence-electron chi connectivity index (χ1n) is 5.13. The number of aromatic nitrogens is 2. The van der Waals surface area contributed by atoms with E-state index in [2.05, 4.69) is 22.2 Å². The van der Waals surface area contributed by atoms with Gasteiger partial charge >= 0.3 is 0 Å². The molecule has 0 aromatic carbocycles. The molecule has 0 saturated carbocycles. The van der Waals surface area contributed by atoms with Crippen LogP contribution in [0.25, 0.3) is 0 Å². The van der Waals surface area contributed by atoms with Crippen LogP contribution < -0.4 is 11.1 Å². The van der Waals surface area contributed by atoms with Gasteiger partial charge in [0, 0.05) is 18.7 Å². The number of anilines is 1. The maximum atomic E-state index is 5.61. The number of hydrogen-bond donors (Lipinski definition) is 2. The smallest absolute Gasteiger partial charge is 0.220 e. The maximum absolute atomic E-state index is 5.61. The summed E-state index contributed by atoms with van der Waals surface area (Å²) in [4.78, 5) is 8.38. The van der Waals surface area contributed by atoms with Crippen LogP contribution in [0.1, 0.15) is 30.5 Å². The Morgan fingerprint density at radius 2 is 2.50 bits per heavy atom. The van der Waals surface area contributed by atoms with Gasteiger partial charge in [0.2, 0.25) is 5.95 Å². The number of hydrogen-bond acceptors (Lipinski definition) is 4. The van der Waals surface area contributed by atoms with Crippen molar-refractivity contribution in [1.29, 1.82) is 0 Å². The van der Waals surface area contributed by atoms with Crippen LogP contribution in [0.3, 0.4) is 0 Å². The lowest BCUT2D eigenvalue weighted by Gasteiger charge is -2.12. The van der Waals surface area contributed by atoms with E-state index in [9.17, 15) is 0 Å². The molecule has 0 bridgehead atoms. The summed E-state index contributed by atoms with van der Waals surface area (Å²) < 4.78 is 0. The highest BCUT2D eigenvalue weighted by atomic mass is 15.0. The fourth-order valence-corrected chi connectivity index (χ4v) is 1.95. The van der Waals surface area contributed by atoms with E-state index in [1.165, 1.54) is 5.56 Å². The highest BCUT2D eigenvalue weighted by Gasteiger charge is 2.20. The van der Waals surface area contributed by atoms with Gasteiger partial charge in [-0.15, -0.1) is 0 Å². The third-order valence-electron chi connectivity index (χ3n) is 2.74. The molecule has 1 fully saturated rings. The number of nitrogens with two attached hydrogens (primary N) is 1. The topological polar surface area (TPSA) is 63.8 Å². The van der Waals surface area contributed by atoms with Gasteiger partial charge in [-0.05, 0) is 24.9 Å². The van der Waals surface area contributed by atoms with Crippen LogP contribution in [-0.2, 0) is 6.42 Å². The predicted octanol–water partition coefficient (Wildman–Crippen LogP) is 0.698. The molecule has 1 aliphatic rings. The molecular weight excluding hydrogens is 176 g/mol. The van der Waals surface area contributed by atoms with Gasteiger partial charge in [-0.1, -0.05) is 6.92 Å². The quantitative estimate of drug-likeness (QED) is 0.724. The van der Waals surface area contributed by atoms with Crippen LogP contribution in [0, 0.1) is 0 Å². The zero-order chi connectivity index (χ0) is 9.97. The highest BCUT2D eigenvalue weighted by Crippen LogP contribution is 2.24. The number of nitrogens with one attached hydrogen (secondary N) is 1. The lowest BCUT2D eigenvalue weighted by atomic mass is 9.99. The molecule has 1 atom stereocenters. The average molecular weight is 192 g/mol. The van der Waals surface area contributed by atoms with E-state index in [4.69, 9.17) is 5.73 Å². The Bertz CT molecular complexity index is 318. The largest absolute Gasteiger partial charge is 0.368 e. The highest BCUT2D eigenvalue weighted by molar-refractivity contribution is 5.28. The molecule has 4 nitrogen and oxygen atoms in total. The Morgan fingerprint density at radius 1 is 1.64 bits per heavy atom. The molecule has 0 amide bonds. The third-order valence-corrected chi connectivity index (χ3v) is 2.74. The molecule has 1 unspecified atom stereocenters. The normalized spacial score (nSPS) is 21.4. The van der Waals surface area contributed by atoms with E-state index < -0.39 is 0 Å². The number of rotatable bonds is 2. The van der Waals surface area contributed by atoms with Crippen molar-refractivity contribution in [3.8, 4) is 0 Å². The second-order valence-electron chi connectivity index (χ2n) is 3.68. The van der Waals surface area contributed by atoms with Crippen molar-refractivity contribution in [1.82, 2.24) is 15.3 Å². The van der Waals surface area contributed by atoms with Gasteiger partial charge in [0.25, 0.3) is 0 Å². The zero-order valence-corrected chi connectivity index (χ0v) is 8.45. The molecule has 1 aliphatic heterocycles. The first kappa shape index (κ1) is 9.40. The van der Waals surface area contributed by atoms with Crippen molar-refractivity contribution in [2.45, 2.75) is 25.7 Å². The van der Waals surface area contributed by atoms with Crippen LogP contribution >= 0.6 is 0 Å². The van der Waals surface area contributed by atoms with Gasteiger partial charge in [-0.3, -0.25) is 0 Å². The molecule has 4 heteroatoms. The summed E-state index contributed by atoms with van der Waals surface area (Å²) in [5.41, 5.74) is 7.98. The van der Waals surface area contributed by atoms with Crippen molar-refractivity contribution < 1.29 is 0 Å². The first-order valence-corrected chi connectivity index (χ1v) is 5.13. The molecule has 1 aromatic rings. The van der Waals surface area contributed by atoms with E-state index in [0.29, 0.717) is 11.9 Å². The number of nitrogen functional groups attached to an aromatic ring is 1. The molecule has 1 saturated heterocycles. The van der Waals surface area contributed by atoms with E-state index in [-0.39, 0.29) is 0 Å². The summed E-state index contributed by atoms with van der Waals surface area (Å²) in [6.07, 6.45) is 3.99. The van der Waals surface area contributed by atoms with E-state index in [1.807, 2.05) is 6.20 Å². The summed E-state index contributed by atoms with van der Waals surface area (Å²) in [7, 11) is 0. The van der Waals surface area contributed by atoms with Gasteiger partial charge in [-0.25, -0.2) is 9.97 Å². The maximum Gasteiger partial charge on any atom is 0.220 e. The van der Waals surface area contributed by atoms with Gasteiger partial charge in [0.1, 0.15) is 0 Å². The Balaban J connectivity index is 2.33. The van der Waals surface area contributed by atoms with Gasteiger partial charge in [0.05, 0.1) is 5.69 Å². The molecular formula is C10H16N4. The number of nitrogens with zero attached hydrogens (tertiary/aromatic N) is 2. The Morgan fingerprint density at radius 3 is 3.14 bits per heavy atom. The van der Waals surface area contributed by atoms with E-state index in [0.717, 1.165) is 31.6 Å². The van der Waals surface area contributed by atoms with Crippen molar-refractivity contribution in [3.63, 3.8) is 0 Å². The Kier molecular flexibility index (Phi) is 2.63. The molecule has 0 aliphatic carbocycles. The molecule has 1 aromatic heterocycles. The van der Waals surface area contributed by atoms with E-state index in [1.54, 1.807) is 0 Å². The van der Waals surface area contributed by atoms with Gasteiger partial charge in [0.15, 0.2) is 0 Å². The summed E-state index contributed by atoms with van der Waals surface area (Å²) >= 11 is 0. The average Bonchev–Trinajstić information content (AvgIpc) is 2.70. The standard InChI is InChI=1S/C10H16N4/c1-2-7-6-13-10(11)14-9(7)8-3-4-12-5-8/h6,8,12H,2-5H2,1H3,(H2,11,13,14). The molecule has 2 rings (SSSR count). The SMILES string of the molecule is CCc1cnc(N)nc1C1CCNC1. The summed E-state index contributed by atoms with van der Waals surface area (Å²) in [6.45, 7) is 4.22. The fourth-order valence-electron chi connectivity index (χ4n) is 1.95. The molecule has 2 heterocycles. The first-order chi connectivity index (χ1) is 6.81. The van der Waals surface area contributed by atoms with Crippen molar-refractivity contribution in [2.75, 3.05) is 18.8 Å². The summed E-state index contributed by atoms with van der Waals surface area (Å²) in [6, 6.07) is 0.